The third-order valence-electron chi connectivity index (χ3n) is 4.93. The molecule has 152 valence electrons. The molecule has 0 aliphatic carbocycles. The predicted octanol–water partition coefficient (Wildman–Crippen LogP) is 1.16. The highest BCUT2D eigenvalue weighted by atomic mass is 16.5. The lowest BCUT2D eigenvalue weighted by Crippen LogP contribution is -2.46. The van der Waals surface area contributed by atoms with Gasteiger partial charge in [-0.1, -0.05) is 20.8 Å². The number of aliphatic imine (C=N–C) groups is 1. The number of nitrogens with one attached hydrogen (secondary N) is 2. The van der Waals surface area contributed by atoms with Gasteiger partial charge in [0, 0.05) is 47.9 Å². The first-order valence-corrected chi connectivity index (χ1v) is 9.63. The molecule has 0 radical (unpaired) electrons. The van der Waals surface area contributed by atoms with E-state index >= 15 is 0 Å². The van der Waals surface area contributed by atoms with E-state index in [9.17, 15) is 4.79 Å². The lowest BCUT2D eigenvalue weighted by Gasteiger charge is -2.30. The van der Waals surface area contributed by atoms with E-state index in [1.54, 1.807) is 19.1 Å². The molecule has 2 unspecified atom stereocenters. The topological polar surface area (TPSA) is 69.2 Å². The maximum Gasteiger partial charge on any atom is 0.239 e. The van der Waals surface area contributed by atoms with E-state index in [-0.39, 0.29) is 23.5 Å². The first-order valence-electron chi connectivity index (χ1n) is 9.63. The third kappa shape index (κ3) is 7.11. The molecule has 2 atom stereocenters. The molecule has 1 fully saturated rings. The van der Waals surface area contributed by atoms with Crippen LogP contribution >= 0.6 is 0 Å². The smallest absolute Gasteiger partial charge is 0.239 e. The highest BCUT2D eigenvalue weighted by molar-refractivity contribution is 5.81. The lowest BCUT2D eigenvalue weighted by molar-refractivity contribution is -0.133. The maximum atomic E-state index is 12.2. The van der Waals surface area contributed by atoms with Gasteiger partial charge in [-0.2, -0.15) is 0 Å². The molecule has 2 N–H and O–H groups in total. The first kappa shape index (κ1) is 22.7. The number of amides is 1. The Kier molecular flexibility index (Phi) is 9.36. The second kappa shape index (κ2) is 10.7. The number of hydrogen-bond donors (Lipinski definition) is 2. The molecule has 1 heterocycles. The van der Waals surface area contributed by atoms with Crippen molar-refractivity contribution in [2.24, 2.45) is 10.4 Å². The number of likely N-dealkylation sites (tertiary alicyclic amines) is 1. The van der Waals surface area contributed by atoms with Crippen LogP contribution in [-0.4, -0.2) is 88.2 Å². The Bertz CT molecular complexity index is 459. The fourth-order valence-electron chi connectivity index (χ4n) is 3.31. The predicted molar refractivity (Wildman–Crippen MR) is 108 cm³/mol. The van der Waals surface area contributed by atoms with Gasteiger partial charge in [-0.15, -0.1) is 0 Å². The molecule has 7 nitrogen and oxygen atoms in total. The minimum atomic E-state index is 0.0525. The summed E-state index contributed by atoms with van der Waals surface area (Å²) < 4.78 is 5.57. The fourth-order valence-corrected chi connectivity index (χ4v) is 3.31. The number of nitrogens with zero attached hydrogens (tertiary/aromatic N) is 3. The first-order chi connectivity index (χ1) is 12.2. The molecule has 7 heteroatoms. The largest absolute Gasteiger partial charge is 0.379 e. The number of carbonyl (C=O) groups excluding carboxylic acids is 1. The number of rotatable bonds is 8. The van der Waals surface area contributed by atoms with Gasteiger partial charge in [-0.05, 0) is 31.2 Å². The van der Waals surface area contributed by atoms with Gasteiger partial charge in [0.25, 0.3) is 0 Å². The summed E-state index contributed by atoms with van der Waals surface area (Å²) in [6.07, 6.45) is 3.17. The molecule has 0 aromatic carbocycles. The van der Waals surface area contributed by atoms with Gasteiger partial charge in [0.1, 0.15) is 0 Å². The van der Waals surface area contributed by atoms with Gasteiger partial charge in [-0.3, -0.25) is 14.7 Å². The van der Waals surface area contributed by atoms with Crippen LogP contribution in [-0.2, 0) is 9.53 Å². The van der Waals surface area contributed by atoms with E-state index in [2.05, 4.69) is 41.3 Å². The van der Waals surface area contributed by atoms with Gasteiger partial charge in [-0.25, -0.2) is 0 Å². The van der Waals surface area contributed by atoms with Crippen LogP contribution in [0.15, 0.2) is 4.99 Å². The lowest BCUT2D eigenvalue weighted by atomic mass is 9.89. The highest BCUT2D eigenvalue weighted by Crippen LogP contribution is 2.21. The zero-order valence-corrected chi connectivity index (χ0v) is 17.8. The number of likely N-dealkylation sites (N-methyl/N-ethyl adjacent to an activating group) is 1. The van der Waals surface area contributed by atoms with Crippen molar-refractivity contribution >= 4 is 11.9 Å². The molecule has 0 spiro atoms. The Hall–Kier alpha value is -1.34. The average Bonchev–Trinajstić information content (AvgIpc) is 3.03. The second-order valence-corrected chi connectivity index (χ2v) is 8.25. The quantitative estimate of drug-likeness (QED) is 0.382. The van der Waals surface area contributed by atoms with E-state index in [4.69, 9.17) is 4.74 Å². The van der Waals surface area contributed by atoms with Crippen molar-refractivity contribution in [3.05, 3.63) is 0 Å². The van der Waals surface area contributed by atoms with Crippen LogP contribution in [0.5, 0.6) is 0 Å². The van der Waals surface area contributed by atoms with Gasteiger partial charge >= 0.3 is 0 Å². The summed E-state index contributed by atoms with van der Waals surface area (Å²) in [4.78, 5) is 20.5. The molecular weight excluding hydrogens is 330 g/mol. The van der Waals surface area contributed by atoms with Crippen molar-refractivity contribution in [1.29, 1.82) is 0 Å². The molecule has 0 saturated carbocycles. The van der Waals surface area contributed by atoms with E-state index in [1.807, 2.05) is 14.1 Å². The summed E-state index contributed by atoms with van der Waals surface area (Å²) in [6.45, 7) is 9.98. The van der Waals surface area contributed by atoms with Crippen LogP contribution in [0.4, 0.5) is 0 Å². The standard InChI is InChI=1S/C19H39N5O2/c1-19(2,3)16(26-7)14-22-18(20-4)21-11-9-13-24-12-8-10-15(24)17(25)23(5)6/h15-16H,8-14H2,1-7H3,(H2,20,21,22). The van der Waals surface area contributed by atoms with Crippen molar-refractivity contribution in [1.82, 2.24) is 20.4 Å². The van der Waals surface area contributed by atoms with E-state index in [1.165, 1.54) is 0 Å². The van der Waals surface area contributed by atoms with Crippen LogP contribution < -0.4 is 10.6 Å². The Morgan fingerprint density at radius 3 is 2.58 bits per heavy atom. The van der Waals surface area contributed by atoms with Crippen molar-refractivity contribution < 1.29 is 9.53 Å². The minimum Gasteiger partial charge on any atom is -0.379 e. The number of carbonyl (C=O) groups is 1. The van der Waals surface area contributed by atoms with Crippen LogP contribution in [0.2, 0.25) is 0 Å². The molecule has 0 aromatic rings. The number of guanidine groups is 1. The summed E-state index contributed by atoms with van der Waals surface area (Å²) in [5.74, 6) is 1.01. The molecule has 1 amide bonds. The van der Waals surface area contributed by atoms with E-state index in [0.717, 1.165) is 44.9 Å². The summed E-state index contributed by atoms with van der Waals surface area (Å²) in [5.41, 5.74) is 0.0738. The second-order valence-electron chi connectivity index (χ2n) is 8.25. The zero-order valence-electron chi connectivity index (χ0n) is 17.8. The van der Waals surface area contributed by atoms with E-state index in [0.29, 0.717) is 6.54 Å². The van der Waals surface area contributed by atoms with Crippen LogP contribution in [0.25, 0.3) is 0 Å². The normalized spacial score (nSPS) is 20.1. The van der Waals surface area contributed by atoms with Crippen LogP contribution in [0.3, 0.4) is 0 Å². The zero-order chi connectivity index (χ0) is 19.7. The molecule has 1 saturated heterocycles. The fraction of sp³-hybridized carbons (Fsp3) is 0.895. The minimum absolute atomic E-state index is 0.0525. The Morgan fingerprint density at radius 2 is 2.04 bits per heavy atom. The summed E-state index contributed by atoms with van der Waals surface area (Å²) >= 11 is 0. The van der Waals surface area contributed by atoms with Gasteiger partial charge < -0.3 is 20.3 Å². The number of ether oxygens (including phenoxy) is 1. The average molecular weight is 370 g/mol. The van der Waals surface area contributed by atoms with Crippen molar-refractivity contribution in [2.75, 3.05) is 54.4 Å². The number of hydrogen-bond acceptors (Lipinski definition) is 4. The molecule has 1 aliphatic rings. The van der Waals surface area contributed by atoms with Crippen molar-refractivity contribution in [3.63, 3.8) is 0 Å². The Labute approximate surface area is 159 Å². The molecule has 0 aromatic heterocycles. The molecule has 1 aliphatic heterocycles. The summed E-state index contributed by atoms with van der Waals surface area (Å²) in [6, 6.07) is 0.0525. The van der Waals surface area contributed by atoms with Gasteiger partial charge in [0.15, 0.2) is 5.96 Å². The monoisotopic (exact) mass is 369 g/mol. The Balaban J connectivity index is 2.34. The summed E-state index contributed by atoms with van der Waals surface area (Å²) in [7, 11) is 7.19. The summed E-state index contributed by atoms with van der Waals surface area (Å²) in [5, 5.41) is 6.69. The maximum absolute atomic E-state index is 12.2. The van der Waals surface area contributed by atoms with Gasteiger partial charge in [0.2, 0.25) is 5.91 Å². The molecule has 26 heavy (non-hydrogen) atoms. The number of methoxy groups -OCH3 is 1. The van der Waals surface area contributed by atoms with Crippen molar-refractivity contribution in [3.8, 4) is 0 Å². The van der Waals surface area contributed by atoms with Crippen molar-refractivity contribution in [2.45, 2.75) is 52.2 Å². The molecule has 0 bridgehead atoms. The molecular formula is C19H39N5O2. The van der Waals surface area contributed by atoms with Gasteiger partial charge in [0.05, 0.1) is 12.1 Å². The molecule has 1 rings (SSSR count). The van der Waals surface area contributed by atoms with Crippen LogP contribution in [0.1, 0.15) is 40.0 Å². The third-order valence-corrected chi connectivity index (χ3v) is 4.93. The Morgan fingerprint density at radius 1 is 1.35 bits per heavy atom. The SMILES string of the molecule is CN=C(NCCCN1CCCC1C(=O)N(C)C)NCC(OC)C(C)(C)C. The van der Waals surface area contributed by atoms with Crippen LogP contribution in [0, 0.1) is 5.41 Å². The van der Waals surface area contributed by atoms with E-state index < -0.39 is 0 Å². The highest BCUT2D eigenvalue weighted by Gasteiger charge is 2.31.